The van der Waals surface area contributed by atoms with Crippen LogP contribution in [0.1, 0.15) is 38.7 Å². The lowest BCUT2D eigenvalue weighted by Gasteiger charge is -2.38. The Balaban J connectivity index is 1.99. The molecule has 0 radical (unpaired) electrons. The van der Waals surface area contributed by atoms with Gasteiger partial charge in [0.25, 0.3) is 10.0 Å². The van der Waals surface area contributed by atoms with Crippen molar-refractivity contribution in [3.8, 4) is 0 Å². The van der Waals surface area contributed by atoms with Crippen LogP contribution in [0, 0.1) is 24.2 Å². The van der Waals surface area contributed by atoms with Crippen molar-refractivity contribution < 1.29 is 13.2 Å². The van der Waals surface area contributed by atoms with Crippen molar-refractivity contribution in [2.75, 3.05) is 6.54 Å². The number of carbonyl (C=O) groups excluding carboxylic acids is 1. The molecule has 2 aliphatic rings. The Hall–Kier alpha value is -1.62. The van der Waals surface area contributed by atoms with Gasteiger partial charge in [0.15, 0.2) is 0 Å². The van der Waals surface area contributed by atoms with Gasteiger partial charge < -0.3 is 0 Å². The number of rotatable bonds is 2. The first-order chi connectivity index (χ1) is 11.1. The number of carbonyl (C=O) groups is 1. The number of fused-ring (bicyclic) bond motifs is 2. The van der Waals surface area contributed by atoms with Gasteiger partial charge in [0, 0.05) is 18.2 Å². The van der Waals surface area contributed by atoms with Crippen LogP contribution >= 0.6 is 0 Å². The fourth-order valence-corrected chi connectivity index (χ4v) is 5.53. The molecule has 2 bridgehead atoms. The molecule has 3 rings (SSSR count). The number of hydrogen-bond acceptors (Lipinski definition) is 3. The lowest BCUT2D eigenvalue weighted by Crippen LogP contribution is -2.38. The van der Waals surface area contributed by atoms with Crippen LogP contribution < -0.4 is 0 Å². The summed E-state index contributed by atoms with van der Waals surface area (Å²) in [5.74, 6) is -0.281. The molecule has 4 nitrogen and oxygen atoms in total. The number of benzene rings is 1. The number of ketones is 1. The van der Waals surface area contributed by atoms with Gasteiger partial charge in [-0.3, -0.25) is 9.10 Å². The van der Waals surface area contributed by atoms with Gasteiger partial charge in [-0.15, -0.1) is 0 Å². The summed E-state index contributed by atoms with van der Waals surface area (Å²) in [6.07, 6.45) is 2.07. The number of Topliss-reactive ketones (excluding diaryl/α,β-unsaturated/α-hetero) is 1. The highest BCUT2D eigenvalue weighted by Crippen LogP contribution is 2.46. The molecule has 1 saturated carbocycles. The lowest BCUT2D eigenvalue weighted by atomic mass is 9.66. The molecule has 0 spiro atoms. The maximum atomic E-state index is 13.1. The van der Waals surface area contributed by atoms with Crippen LogP contribution in [0.4, 0.5) is 0 Å². The summed E-state index contributed by atoms with van der Waals surface area (Å²) in [6.45, 7) is 10.6. The van der Waals surface area contributed by atoms with Crippen molar-refractivity contribution in [1.29, 1.82) is 0 Å². The molecule has 2 fully saturated rings. The minimum atomic E-state index is -3.67. The Kier molecular flexibility index (Phi) is 4.11. The molecule has 1 aromatic rings. The van der Waals surface area contributed by atoms with E-state index in [9.17, 15) is 13.2 Å². The average Bonchev–Trinajstić information content (AvgIpc) is 2.56. The third-order valence-electron chi connectivity index (χ3n) is 5.31. The van der Waals surface area contributed by atoms with Gasteiger partial charge in [-0.25, -0.2) is 8.42 Å². The molecule has 1 aliphatic carbocycles. The predicted molar refractivity (Wildman–Crippen MR) is 93.8 cm³/mol. The molecule has 5 heteroatoms. The molecule has 24 heavy (non-hydrogen) atoms. The highest BCUT2D eigenvalue weighted by molar-refractivity contribution is 7.89. The second-order valence-corrected chi connectivity index (χ2v) is 9.76. The smallest absolute Gasteiger partial charge is 0.264 e. The molecule has 2 unspecified atom stereocenters. The number of hydrogen-bond donors (Lipinski definition) is 0. The third-order valence-corrected chi connectivity index (χ3v) is 7.18. The maximum Gasteiger partial charge on any atom is 0.264 e. The number of allylic oxidation sites excluding steroid dienone is 1. The van der Waals surface area contributed by atoms with Crippen molar-refractivity contribution in [3.05, 3.63) is 42.1 Å². The van der Waals surface area contributed by atoms with Gasteiger partial charge in [0.2, 0.25) is 0 Å². The number of nitrogens with zero attached hydrogens (tertiary/aromatic N) is 1. The minimum Gasteiger partial charge on any atom is -0.299 e. The first-order valence-corrected chi connectivity index (χ1v) is 9.88. The normalized spacial score (nSPS) is 27.0. The molecule has 1 aromatic carbocycles. The van der Waals surface area contributed by atoms with Gasteiger partial charge in [-0.1, -0.05) is 38.1 Å². The fourth-order valence-electron chi connectivity index (χ4n) is 4.02. The van der Waals surface area contributed by atoms with Crippen molar-refractivity contribution in [1.82, 2.24) is 4.31 Å². The summed E-state index contributed by atoms with van der Waals surface area (Å²) in [7, 11) is -3.67. The summed E-state index contributed by atoms with van der Waals surface area (Å²) in [5.41, 5.74) is 1.49. The van der Waals surface area contributed by atoms with E-state index in [0.717, 1.165) is 12.0 Å². The van der Waals surface area contributed by atoms with Gasteiger partial charge in [0.1, 0.15) is 5.78 Å². The molecule has 1 aliphatic heterocycles. The SMILES string of the molecule is C=C1C2CC(C)(C)CC(CCN1S(=O)(=O)c1ccc(C)cc1)C2=O. The molecule has 1 saturated heterocycles. The van der Waals surface area contributed by atoms with Crippen molar-refractivity contribution in [2.45, 2.75) is 44.9 Å². The highest BCUT2D eigenvalue weighted by Gasteiger charge is 2.46. The van der Waals surface area contributed by atoms with Gasteiger partial charge in [0.05, 0.1) is 10.8 Å². The van der Waals surface area contributed by atoms with E-state index in [4.69, 9.17) is 0 Å². The fraction of sp³-hybridized carbons (Fsp3) is 0.526. The second kappa shape index (κ2) is 5.73. The largest absolute Gasteiger partial charge is 0.299 e. The Bertz CT molecular complexity index is 777. The zero-order valence-electron chi connectivity index (χ0n) is 14.6. The van der Waals surface area contributed by atoms with Gasteiger partial charge in [-0.2, -0.15) is 0 Å². The molecular weight excluding hydrogens is 322 g/mol. The molecule has 2 atom stereocenters. The first-order valence-electron chi connectivity index (χ1n) is 8.44. The summed E-state index contributed by atoms with van der Waals surface area (Å²) >= 11 is 0. The van der Waals surface area contributed by atoms with Crippen molar-refractivity contribution in [3.63, 3.8) is 0 Å². The summed E-state index contributed by atoms with van der Waals surface area (Å²) in [6, 6.07) is 6.83. The Morgan fingerprint density at radius 2 is 1.79 bits per heavy atom. The third kappa shape index (κ3) is 2.90. The van der Waals surface area contributed by atoms with Crippen LogP contribution in [0.5, 0.6) is 0 Å². The van der Waals surface area contributed by atoms with Crippen LogP contribution in [-0.4, -0.2) is 25.1 Å². The molecular formula is C19H25NO3S. The zero-order chi connectivity index (χ0) is 17.7. The molecule has 0 amide bonds. The van der Waals surface area contributed by atoms with Gasteiger partial charge >= 0.3 is 0 Å². The maximum absolute atomic E-state index is 13.1. The Morgan fingerprint density at radius 3 is 2.42 bits per heavy atom. The Labute approximate surface area is 144 Å². The Morgan fingerprint density at radius 1 is 1.17 bits per heavy atom. The zero-order valence-corrected chi connectivity index (χ0v) is 15.4. The van der Waals surface area contributed by atoms with Crippen molar-refractivity contribution in [2.24, 2.45) is 17.3 Å². The monoisotopic (exact) mass is 347 g/mol. The summed E-state index contributed by atoms with van der Waals surface area (Å²) in [4.78, 5) is 13.0. The predicted octanol–water partition coefficient (Wildman–Crippen LogP) is 3.52. The van der Waals surface area contributed by atoms with E-state index in [1.54, 1.807) is 24.3 Å². The molecule has 0 N–H and O–H groups in total. The molecule has 1 heterocycles. The van der Waals surface area contributed by atoms with Crippen LogP contribution in [0.3, 0.4) is 0 Å². The van der Waals surface area contributed by atoms with E-state index >= 15 is 0 Å². The second-order valence-electron chi connectivity index (χ2n) is 7.89. The van der Waals surface area contributed by atoms with E-state index in [0.29, 0.717) is 25.1 Å². The van der Waals surface area contributed by atoms with Crippen LogP contribution in [0.2, 0.25) is 0 Å². The first kappa shape index (κ1) is 17.2. The highest BCUT2D eigenvalue weighted by atomic mass is 32.2. The van der Waals surface area contributed by atoms with E-state index in [2.05, 4.69) is 20.4 Å². The van der Waals surface area contributed by atoms with E-state index in [1.165, 1.54) is 4.31 Å². The number of aryl methyl sites for hydroxylation is 1. The van der Waals surface area contributed by atoms with Gasteiger partial charge in [-0.05, 0) is 43.7 Å². The van der Waals surface area contributed by atoms with Crippen LogP contribution in [-0.2, 0) is 14.8 Å². The molecule has 130 valence electrons. The molecule has 0 aromatic heterocycles. The minimum absolute atomic E-state index is 0.0375. The van der Waals surface area contributed by atoms with E-state index in [1.807, 2.05) is 6.92 Å². The lowest BCUT2D eigenvalue weighted by molar-refractivity contribution is -0.130. The van der Waals surface area contributed by atoms with E-state index < -0.39 is 10.0 Å². The summed E-state index contributed by atoms with van der Waals surface area (Å²) < 4.78 is 27.5. The standard InChI is InChI=1S/C19H25NO3S/c1-13-5-7-16(8-6-13)24(22,23)20-10-9-15-11-19(3,4)12-17(14(20)2)18(15)21/h5-8,15,17H,2,9-12H2,1,3-4H3. The summed E-state index contributed by atoms with van der Waals surface area (Å²) in [5, 5.41) is 0. The topological polar surface area (TPSA) is 54.5 Å². The average molecular weight is 347 g/mol. The van der Waals surface area contributed by atoms with Crippen LogP contribution in [0.25, 0.3) is 0 Å². The van der Waals surface area contributed by atoms with Crippen molar-refractivity contribution >= 4 is 15.8 Å². The van der Waals surface area contributed by atoms with Crippen LogP contribution in [0.15, 0.2) is 41.4 Å². The van der Waals surface area contributed by atoms with E-state index in [-0.39, 0.29) is 27.9 Å². The quantitative estimate of drug-likeness (QED) is 0.822. The number of sulfonamides is 1.